The predicted octanol–water partition coefficient (Wildman–Crippen LogP) is 2.64. The summed E-state index contributed by atoms with van der Waals surface area (Å²) >= 11 is 5.96. The molecule has 0 unspecified atom stereocenters. The second-order valence-electron chi connectivity index (χ2n) is 6.36. The minimum Gasteiger partial charge on any atom is -0.459 e. The highest BCUT2D eigenvalue weighted by atomic mass is 35.5. The van der Waals surface area contributed by atoms with E-state index in [4.69, 9.17) is 16.0 Å². The van der Waals surface area contributed by atoms with Crippen LogP contribution in [0.15, 0.2) is 28.7 Å². The Kier molecular flexibility index (Phi) is 4.43. The third-order valence-corrected chi connectivity index (χ3v) is 4.51. The van der Waals surface area contributed by atoms with Gasteiger partial charge >= 0.3 is 6.03 Å². The van der Waals surface area contributed by atoms with Crippen molar-refractivity contribution >= 4 is 40.4 Å². The molecule has 0 bridgehead atoms. The van der Waals surface area contributed by atoms with Gasteiger partial charge in [-0.3, -0.25) is 14.9 Å². The lowest BCUT2D eigenvalue weighted by Gasteiger charge is -2.20. The average molecular weight is 364 g/mol. The maximum atomic E-state index is 12.2. The first-order chi connectivity index (χ1) is 11.8. The van der Waals surface area contributed by atoms with Gasteiger partial charge in [-0.1, -0.05) is 11.6 Å². The second-order valence-corrected chi connectivity index (χ2v) is 6.80. The van der Waals surface area contributed by atoms with E-state index in [1.54, 1.807) is 25.1 Å². The number of hydrogen-bond acceptors (Lipinski definition) is 4. The van der Waals surface area contributed by atoms with Crippen LogP contribution in [0.1, 0.15) is 38.5 Å². The predicted molar refractivity (Wildman–Crippen MR) is 92.1 cm³/mol. The summed E-state index contributed by atoms with van der Waals surface area (Å²) in [6.45, 7) is 3.40. The molecule has 0 saturated carbocycles. The summed E-state index contributed by atoms with van der Waals surface area (Å²) < 4.78 is 5.72. The SMILES string of the molecule is C[C@@H](NC(=O)CC[C@@]1(C)NC(=O)NC1=O)c1cc2cc(Cl)ccc2o1. The maximum Gasteiger partial charge on any atom is 0.322 e. The normalized spacial score (nSPS) is 21.1. The number of fused-ring (bicyclic) bond motifs is 1. The molecule has 132 valence electrons. The minimum atomic E-state index is -1.06. The number of hydrogen-bond donors (Lipinski definition) is 3. The largest absolute Gasteiger partial charge is 0.459 e. The van der Waals surface area contributed by atoms with Gasteiger partial charge in [-0.15, -0.1) is 0 Å². The van der Waals surface area contributed by atoms with Crippen LogP contribution in [0.25, 0.3) is 11.0 Å². The summed E-state index contributed by atoms with van der Waals surface area (Å²) in [7, 11) is 0. The Hall–Kier alpha value is -2.54. The van der Waals surface area contributed by atoms with Gasteiger partial charge in [0.25, 0.3) is 5.91 Å². The van der Waals surface area contributed by atoms with E-state index in [-0.39, 0.29) is 24.8 Å². The Morgan fingerprint density at radius 2 is 2.12 bits per heavy atom. The molecule has 8 heteroatoms. The van der Waals surface area contributed by atoms with Crippen LogP contribution in [-0.4, -0.2) is 23.4 Å². The monoisotopic (exact) mass is 363 g/mol. The number of rotatable bonds is 5. The van der Waals surface area contributed by atoms with Gasteiger partial charge in [-0.05, 0) is 44.5 Å². The molecular weight excluding hydrogens is 346 g/mol. The molecule has 1 aromatic heterocycles. The highest BCUT2D eigenvalue weighted by Crippen LogP contribution is 2.26. The van der Waals surface area contributed by atoms with Crippen LogP contribution >= 0.6 is 11.6 Å². The fourth-order valence-corrected chi connectivity index (χ4v) is 2.93. The van der Waals surface area contributed by atoms with Crippen molar-refractivity contribution in [3.05, 3.63) is 35.0 Å². The topological polar surface area (TPSA) is 100 Å². The highest BCUT2D eigenvalue weighted by Gasteiger charge is 2.41. The van der Waals surface area contributed by atoms with Crippen LogP contribution < -0.4 is 16.0 Å². The summed E-state index contributed by atoms with van der Waals surface area (Å²) in [6, 6.07) is 6.26. The molecule has 2 atom stereocenters. The van der Waals surface area contributed by atoms with E-state index in [1.165, 1.54) is 0 Å². The van der Waals surface area contributed by atoms with Gasteiger partial charge in [0.1, 0.15) is 16.9 Å². The van der Waals surface area contributed by atoms with Gasteiger partial charge in [0.15, 0.2) is 0 Å². The van der Waals surface area contributed by atoms with Crippen LogP contribution in [-0.2, 0) is 9.59 Å². The van der Waals surface area contributed by atoms with Crippen LogP contribution in [0.5, 0.6) is 0 Å². The number of imide groups is 1. The molecule has 4 amide bonds. The standard InChI is InChI=1S/C17H18ClN3O4/c1-9(13-8-10-7-11(18)3-4-12(10)25-13)19-14(22)5-6-17(2)15(23)20-16(24)21-17/h3-4,7-9H,5-6H2,1-2H3,(H,19,22)(H2,20,21,23,24)/t9-,17-/m1/s1. The number of nitrogens with one attached hydrogen (secondary N) is 3. The fraction of sp³-hybridized carbons (Fsp3) is 0.353. The Balaban J connectivity index is 1.60. The van der Waals surface area contributed by atoms with Gasteiger partial charge in [0.05, 0.1) is 6.04 Å². The number of amides is 4. The van der Waals surface area contributed by atoms with Gasteiger partial charge in [0.2, 0.25) is 5.91 Å². The quantitative estimate of drug-likeness (QED) is 0.711. The summed E-state index contributed by atoms with van der Waals surface area (Å²) in [4.78, 5) is 35.1. The Morgan fingerprint density at radius 3 is 2.80 bits per heavy atom. The van der Waals surface area contributed by atoms with E-state index < -0.39 is 17.5 Å². The zero-order chi connectivity index (χ0) is 18.2. The third-order valence-electron chi connectivity index (χ3n) is 4.27. The van der Waals surface area contributed by atoms with E-state index in [0.717, 1.165) is 5.39 Å². The lowest BCUT2D eigenvalue weighted by molar-refractivity contribution is -0.125. The molecule has 2 aromatic rings. The second kappa shape index (κ2) is 6.40. The molecule has 1 fully saturated rings. The fourth-order valence-electron chi connectivity index (χ4n) is 2.75. The molecule has 1 saturated heterocycles. The molecule has 0 spiro atoms. The molecule has 25 heavy (non-hydrogen) atoms. The highest BCUT2D eigenvalue weighted by molar-refractivity contribution is 6.31. The number of urea groups is 1. The van der Waals surface area contributed by atoms with Crippen molar-refractivity contribution < 1.29 is 18.8 Å². The number of carbonyl (C=O) groups excluding carboxylic acids is 3. The number of furan rings is 1. The Bertz CT molecular complexity index is 863. The van der Waals surface area contributed by atoms with E-state index in [0.29, 0.717) is 16.4 Å². The van der Waals surface area contributed by atoms with Gasteiger partial charge in [0, 0.05) is 16.8 Å². The molecule has 0 radical (unpaired) electrons. The number of carbonyl (C=O) groups is 3. The van der Waals surface area contributed by atoms with Gasteiger partial charge in [-0.25, -0.2) is 4.79 Å². The van der Waals surface area contributed by atoms with E-state index >= 15 is 0 Å². The van der Waals surface area contributed by atoms with Crippen LogP contribution in [0, 0.1) is 0 Å². The Labute approximate surface area is 149 Å². The lowest BCUT2D eigenvalue weighted by Crippen LogP contribution is -2.44. The van der Waals surface area contributed by atoms with Crippen LogP contribution in [0.3, 0.4) is 0 Å². The molecule has 7 nitrogen and oxygen atoms in total. The molecule has 0 aliphatic carbocycles. The van der Waals surface area contributed by atoms with Gasteiger partial charge < -0.3 is 15.1 Å². The molecule has 1 aliphatic heterocycles. The van der Waals surface area contributed by atoms with Crippen LogP contribution in [0.4, 0.5) is 4.79 Å². The molecular formula is C17H18ClN3O4. The first kappa shape index (κ1) is 17.3. The van der Waals surface area contributed by atoms with Crippen molar-refractivity contribution in [3.8, 4) is 0 Å². The number of benzene rings is 1. The van der Waals surface area contributed by atoms with E-state index in [2.05, 4.69) is 16.0 Å². The number of halogens is 1. The summed E-state index contributed by atoms with van der Waals surface area (Å²) in [5.74, 6) is -0.0441. The zero-order valence-corrected chi connectivity index (χ0v) is 14.6. The van der Waals surface area contributed by atoms with Crippen LogP contribution in [0.2, 0.25) is 5.02 Å². The van der Waals surface area contributed by atoms with Crippen molar-refractivity contribution in [1.82, 2.24) is 16.0 Å². The zero-order valence-electron chi connectivity index (χ0n) is 13.8. The molecule has 1 aromatic carbocycles. The van der Waals surface area contributed by atoms with Crippen molar-refractivity contribution in [1.29, 1.82) is 0 Å². The molecule has 2 heterocycles. The third kappa shape index (κ3) is 3.61. The van der Waals surface area contributed by atoms with Crippen molar-refractivity contribution in [2.24, 2.45) is 0 Å². The minimum absolute atomic E-state index is 0.0978. The summed E-state index contributed by atoms with van der Waals surface area (Å²) in [5, 5.41) is 9.01. The van der Waals surface area contributed by atoms with Crippen molar-refractivity contribution in [2.45, 2.75) is 38.3 Å². The molecule has 3 N–H and O–H groups in total. The molecule has 1 aliphatic rings. The van der Waals surface area contributed by atoms with Gasteiger partial charge in [-0.2, -0.15) is 0 Å². The maximum absolute atomic E-state index is 12.2. The Morgan fingerprint density at radius 1 is 1.36 bits per heavy atom. The average Bonchev–Trinajstić information content (AvgIpc) is 3.06. The van der Waals surface area contributed by atoms with Crippen molar-refractivity contribution in [2.75, 3.05) is 0 Å². The lowest BCUT2D eigenvalue weighted by atomic mass is 9.96. The molecule has 3 rings (SSSR count). The van der Waals surface area contributed by atoms with E-state index in [1.807, 2.05) is 13.0 Å². The summed E-state index contributed by atoms with van der Waals surface area (Å²) in [5.41, 5.74) is -0.369. The summed E-state index contributed by atoms with van der Waals surface area (Å²) in [6.07, 6.45) is 0.305. The van der Waals surface area contributed by atoms with Crippen molar-refractivity contribution in [3.63, 3.8) is 0 Å². The first-order valence-electron chi connectivity index (χ1n) is 7.89. The van der Waals surface area contributed by atoms with E-state index in [9.17, 15) is 14.4 Å². The first-order valence-corrected chi connectivity index (χ1v) is 8.26. The smallest absolute Gasteiger partial charge is 0.322 e.